The minimum absolute atomic E-state index is 0.401. The number of benzene rings is 1. The van der Waals surface area contributed by atoms with Crippen LogP contribution in [0.5, 0.6) is 0 Å². The maximum atomic E-state index is 10.5. The molecule has 0 bridgehead atoms. The molecule has 1 aliphatic rings. The van der Waals surface area contributed by atoms with Crippen molar-refractivity contribution in [3.05, 3.63) is 35.9 Å². The highest BCUT2D eigenvalue weighted by molar-refractivity contribution is 5.14. The largest absolute Gasteiger partial charge is 0.390 e. The summed E-state index contributed by atoms with van der Waals surface area (Å²) in [5.74, 6) is 0. The predicted molar refractivity (Wildman–Crippen MR) is 75.6 cm³/mol. The van der Waals surface area contributed by atoms with E-state index in [4.69, 9.17) is 0 Å². The average molecular weight is 247 g/mol. The number of hydrogen-bond acceptors (Lipinski definition) is 2. The molecular weight excluding hydrogens is 222 g/mol. The third kappa shape index (κ3) is 3.82. The van der Waals surface area contributed by atoms with E-state index < -0.39 is 5.60 Å². The van der Waals surface area contributed by atoms with Gasteiger partial charge in [0.15, 0.2) is 0 Å². The van der Waals surface area contributed by atoms with Gasteiger partial charge >= 0.3 is 0 Å². The van der Waals surface area contributed by atoms with Crippen molar-refractivity contribution in [1.82, 2.24) is 5.32 Å². The van der Waals surface area contributed by atoms with Gasteiger partial charge in [-0.25, -0.2) is 0 Å². The Morgan fingerprint density at radius 2 is 1.89 bits per heavy atom. The molecule has 18 heavy (non-hydrogen) atoms. The van der Waals surface area contributed by atoms with Gasteiger partial charge < -0.3 is 10.4 Å². The molecule has 1 aromatic carbocycles. The third-order valence-corrected chi connectivity index (χ3v) is 4.27. The van der Waals surface area contributed by atoms with Crippen molar-refractivity contribution in [1.29, 1.82) is 0 Å². The van der Waals surface area contributed by atoms with Crippen LogP contribution in [0.3, 0.4) is 0 Å². The molecule has 0 heterocycles. The van der Waals surface area contributed by atoms with Gasteiger partial charge in [0.05, 0.1) is 5.60 Å². The summed E-state index contributed by atoms with van der Waals surface area (Å²) in [7, 11) is 2.02. The summed E-state index contributed by atoms with van der Waals surface area (Å²) < 4.78 is 0. The van der Waals surface area contributed by atoms with Crippen molar-refractivity contribution in [3.8, 4) is 0 Å². The number of nitrogens with one attached hydrogen (secondary N) is 1. The van der Waals surface area contributed by atoms with E-state index in [-0.39, 0.29) is 0 Å². The predicted octanol–water partition coefficient (Wildman–Crippen LogP) is 2.90. The van der Waals surface area contributed by atoms with Gasteiger partial charge in [0.25, 0.3) is 0 Å². The summed E-state index contributed by atoms with van der Waals surface area (Å²) >= 11 is 0. The molecule has 0 atom stereocenters. The molecule has 2 N–H and O–H groups in total. The fourth-order valence-electron chi connectivity index (χ4n) is 2.96. The lowest BCUT2D eigenvalue weighted by Crippen LogP contribution is -2.40. The first kappa shape index (κ1) is 13.6. The summed E-state index contributed by atoms with van der Waals surface area (Å²) in [6.07, 6.45) is 7.24. The Morgan fingerprint density at radius 3 is 2.50 bits per heavy atom. The number of aryl methyl sites for hydroxylation is 1. The van der Waals surface area contributed by atoms with E-state index in [0.717, 1.165) is 44.9 Å². The molecule has 1 fully saturated rings. The minimum Gasteiger partial charge on any atom is -0.390 e. The van der Waals surface area contributed by atoms with E-state index in [2.05, 4.69) is 35.6 Å². The summed E-state index contributed by atoms with van der Waals surface area (Å²) in [6, 6.07) is 11.2. The molecule has 0 saturated heterocycles. The first-order valence-corrected chi connectivity index (χ1v) is 7.15. The van der Waals surface area contributed by atoms with Crippen LogP contribution in [0, 0.1) is 0 Å². The van der Waals surface area contributed by atoms with Crippen LogP contribution in [0.4, 0.5) is 0 Å². The van der Waals surface area contributed by atoms with Crippen molar-refractivity contribution in [2.24, 2.45) is 0 Å². The molecule has 1 aromatic rings. The van der Waals surface area contributed by atoms with Crippen LogP contribution < -0.4 is 5.32 Å². The SMILES string of the molecule is CNC1CCC(O)(CCCc2ccccc2)CC1. The Balaban J connectivity index is 1.73. The van der Waals surface area contributed by atoms with E-state index in [9.17, 15) is 5.11 Å². The van der Waals surface area contributed by atoms with Crippen LogP contribution in [0.2, 0.25) is 0 Å². The van der Waals surface area contributed by atoms with Gasteiger partial charge in [-0.05, 0) is 57.6 Å². The molecular formula is C16H25NO. The van der Waals surface area contributed by atoms with Crippen LogP contribution in [-0.2, 0) is 6.42 Å². The average Bonchev–Trinajstić information content (AvgIpc) is 2.41. The standard InChI is InChI=1S/C16H25NO/c1-17-15-9-12-16(18,13-10-15)11-5-8-14-6-3-2-4-7-14/h2-4,6-7,15,17-18H,5,8-13H2,1H3. The van der Waals surface area contributed by atoms with Crippen LogP contribution in [-0.4, -0.2) is 23.8 Å². The van der Waals surface area contributed by atoms with Gasteiger partial charge in [0.2, 0.25) is 0 Å². The number of aliphatic hydroxyl groups is 1. The second-order valence-electron chi connectivity index (χ2n) is 5.63. The molecule has 2 heteroatoms. The van der Waals surface area contributed by atoms with E-state index in [1.54, 1.807) is 0 Å². The maximum absolute atomic E-state index is 10.5. The highest BCUT2D eigenvalue weighted by atomic mass is 16.3. The normalized spacial score (nSPS) is 28.2. The van der Waals surface area contributed by atoms with Crippen molar-refractivity contribution in [2.45, 2.75) is 56.6 Å². The lowest BCUT2D eigenvalue weighted by atomic mass is 9.79. The molecule has 2 rings (SSSR count). The monoisotopic (exact) mass is 247 g/mol. The quantitative estimate of drug-likeness (QED) is 0.838. The fourth-order valence-corrected chi connectivity index (χ4v) is 2.96. The van der Waals surface area contributed by atoms with E-state index in [1.807, 2.05) is 7.05 Å². The third-order valence-electron chi connectivity index (χ3n) is 4.27. The van der Waals surface area contributed by atoms with Crippen molar-refractivity contribution in [3.63, 3.8) is 0 Å². The van der Waals surface area contributed by atoms with Crippen molar-refractivity contribution < 1.29 is 5.11 Å². The summed E-state index contributed by atoms with van der Waals surface area (Å²) in [5, 5.41) is 13.8. The van der Waals surface area contributed by atoms with Gasteiger partial charge in [-0.15, -0.1) is 0 Å². The zero-order valence-corrected chi connectivity index (χ0v) is 11.4. The Morgan fingerprint density at radius 1 is 1.22 bits per heavy atom. The van der Waals surface area contributed by atoms with Gasteiger partial charge in [-0.1, -0.05) is 30.3 Å². The van der Waals surface area contributed by atoms with Gasteiger partial charge in [0, 0.05) is 6.04 Å². The lowest BCUT2D eigenvalue weighted by molar-refractivity contribution is -0.0118. The van der Waals surface area contributed by atoms with Crippen LogP contribution in [0.1, 0.15) is 44.1 Å². The van der Waals surface area contributed by atoms with Crippen LogP contribution in [0.25, 0.3) is 0 Å². The van der Waals surface area contributed by atoms with Crippen LogP contribution in [0.15, 0.2) is 30.3 Å². The molecule has 0 aliphatic heterocycles. The molecule has 0 amide bonds. The minimum atomic E-state index is -0.401. The number of rotatable bonds is 5. The van der Waals surface area contributed by atoms with Gasteiger partial charge in [-0.3, -0.25) is 0 Å². The zero-order valence-electron chi connectivity index (χ0n) is 11.4. The van der Waals surface area contributed by atoms with E-state index in [0.29, 0.717) is 6.04 Å². The van der Waals surface area contributed by atoms with Gasteiger partial charge in [-0.2, -0.15) is 0 Å². The summed E-state index contributed by atoms with van der Waals surface area (Å²) in [6.45, 7) is 0. The Bertz CT molecular complexity index is 341. The molecule has 0 unspecified atom stereocenters. The lowest BCUT2D eigenvalue weighted by Gasteiger charge is -2.36. The zero-order chi connectivity index (χ0) is 12.8. The molecule has 1 aliphatic carbocycles. The molecule has 0 spiro atoms. The van der Waals surface area contributed by atoms with Crippen molar-refractivity contribution >= 4 is 0 Å². The van der Waals surface area contributed by atoms with E-state index >= 15 is 0 Å². The topological polar surface area (TPSA) is 32.3 Å². The second kappa shape index (κ2) is 6.35. The molecule has 2 nitrogen and oxygen atoms in total. The maximum Gasteiger partial charge on any atom is 0.0649 e. The van der Waals surface area contributed by atoms with Gasteiger partial charge in [0.1, 0.15) is 0 Å². The smallest absolute Gasteiger partial charge is 0.0649 e. The fraction of sp³-hybridized carbons (Fsp3) is 0.625. The molecule has 1 saturated carbocycles. The summed E-state index contributed by atoms with van der Waals surface area (Å²) in [5.41, 5.74) is 0.979. The first-order chi connectivity index (χ1) is 8.72. The van der Waals surface area contributed by atoms with Crippen molar-refractivity contribution in [2.75, 3.05) is 7.05 Å². The Kier molecular flexibility index (Phi) is 4.79. The summed E-state index contributed by atoms with van der Waals surface area (Å²) in [4.78, 5) is 0. The first-order valence-electron chi connectivity index (χ1n) is 7.15. The molecule has 0 aromatic heterocycles. The van der Waals surface area contributed by atoms with Crippen LogP contribution >= 0.6 is 0 Å². The molecule has 100 valence electrons. The number of hydrogen-bond donors (Lipinski definition) is 2. The molecule has 0 radical (unpaired) electrons. The highest BCUT2D eigenvalue weighted by Crippen LogP contribution is 2.32. The second-order valence-corrected chi connectivity index (χ2v) is 5.63. The highest BCUT2D eigenvalue weighted by Gasteiger charge is 2.31. The Labute approximate surface area is 110 Å². The Hall–Kier alpha value is -0.860. The van der Waals surface area contributed by atoms with E-state index in [1.165, 1.54) is 5.56 Å².